The van der Waals surface area contributed by atoms with Crippen molar-refractivity contribution in [3.05, 3.63) is 35.9 Å². The van der Waals surface area contributed by atoms with Crippen molar-refractivity contribution < 1.29 is 9.90 Å². The Bertz CT molecular complexity index is 296. The summed E-state index contributed by atoms with van der Waals surface area (Å²) >= 11 is -0.769. The van der Waals surface area contributed by atoms with Gasteiger partial charge in [0.2, 0.25) is 0 Å². The number of hydrogen-bond acceptors (Lipinski definition) is 1. The summed E-state index contributed by atoms with van der Waals surface area (Å²) in [5.41, 5.74) is 0.331. The Morgan fingerprint density at radius 3 is 2.12 bits per heavy atom. The molecule has 0 bridgehead atoms. The van der Waals surface area contributed by atoms with Crippen LogP contribution in [-0.2, 0) is 0 Å². The second-order valence-corrected chi connectivity index (χ2v) is 14.2. The third-order valence-corrected chi connectivity index (χ3v) is 6.87. The molecule has 1 rings (SSSR count). The van der Waals surface area contributed by atoms with Gasteiger partial charge in [0.1, 0.15) is 0 Å². The smallest absolute Gasteiger partial charge is 0.335 e. The summed E-state index contributed by atoms with van der Waals surface area (Å²) in [5.74, 6) is -0.879. The van der Waals surface area contributed by atoms with Crippen LogP contribution >= 0.6 is 0 Å². The van der Waals surface area contributed by atoms with E-state index in [4.69, 9.17) is 5.11 Å². The van der Waals surface area contributed by atoms with E-state index in [0.717, 1.165) is 0 Å². The van der Waals surface area contributed by atoms with Crippen LogP contribution in [0, 0.1) is 0 Å². The van der Waals surface area contributed by atoms with Gasteiger partial charge in [0.25, 0.3) is 0 Å². The van der Waals surface area contributed by atoms with Gasteiger partial charge in [0, 0.05) is 0 Å². The predicted octanol–water partition coefficient (Wildman–Crippen LogP) is 4.05. The van der Waals surface area contributed by atoms with Crippen molar-refractivity contribution in [2.75, 3.05) is 0 Å². The monoisotopic (exact) mass is 344 g/mol. The molecule has 0 spiro atoms. The van der Waals surface area contributed by atoms with Crippen LogP contribution < -0.4 is 0 Å². The average molecular weight is 343 g/mol. The molecular weight excluding hydrogens is 319 g/mol. The van der Waals surface area contributed by atoms with Gasteiger partial charge in [-0.2, -0.15) is 0 Å². The molecule has 1 aromatic rings. The molecule has 0 aliphatic carbocycles. The maximum Gasteiger partial charge on any atom is 0.335 e. The summed E-state index contributed by atoms with van der Waals surface area (Å²) in [6, 6.07) is 8.30. The fourth-order valence-corrected chi connectivity index (χ4v) is 4.54. The van der Waals surface area contributed by atoms with Crippen molar-refractivity contribution in [2.24, 2.45) is 0 Å². The maximum atomic E-state index is 10.2. The van der Waals surface area contributed by atoms with Crippen molar-refractivity contribution in [3.63, 3.8) is 0 Å². The summed E-state index contributed by atoms with van der Waals surface area (Å²) < 4.78 is 1.62. The molecular formula is C14H24O2Sn. The first-order chi connectivity index (χ1) is 8.07. The van der Waals surface area contributed by atoms with Gasteiger partial charge in [-0.1, -0.05) is 18.2 Å². The van der Waals surface area contributed by atoms with E-state index in [-0.39, 0.29) is 0 Å². The van der Waals surface area contributed by atoms with Crippen LogP contribution in [0.15, 0.2) is 30.3 Å². The molecule has 0 radical (unpaired) electrons. The summed E-state index contributed by atoms with van der Waals surface area (Å²) in [6.07, 6.45) is 4.37. The molecule has 0 saturated heterocycles. The average Bonchev–Trinajstić information content (AvgIpc) is 2.31. The van der Waals surface area contributed by atoms with Crippen molar-refractivity contribution >= 4 is 25.7 Å². The number of hydrogen-bond donors (Lipinski definition) is 1. The van der Waals surface area contributed by atoms with Gasteiger partial charge in [-0.25, -0.2) is 4.79 Å². The van der Waals surface area contributed by atoms with E-state index >= 15 is 0 Å². The SMILES string of the molecule is CCCC[CH2][SnH]([CH3])[CH3].O=C(O)c1ccccc1. The fraction of sp³-hybridized carbons (Fsp3) is 0.500. The van der Waals surface area contributed by atoms with E-state index in [1.165, 1.54) is 19.3 Å². The van der Waals surface area contributed by atoms with Gasteiger partial charge in [-0.3, -0.25) is 0 Å². The molecule has 0 aromatic heterocycles. The van der Waals surface area contributed by atoms with Gasteiger partial charge in [0.05, 0.1) is 5.56 Å². The van der Waals surface area contributed by atoms with Crippen molar-refractivity contribution in [2.45, 2.75) is 40.5 Å². The molecule has 0 aliphatic rings. The van der Waals surface area contributed by atoms with Gasteiger partial charge in [-0.05, 0) is 12.1 Å². The van der Waals surface area contributed by atoms with Crippen LogP contribution in [0.5, 0.6) is 0 Å². The number of carbonyl (C=O) groups is 1. The molecule has 0 heterocycles. The molecule has 0 atom stereocenters. The van der Waals surface area contributed by atoms with Crippen LogP contribution in [0.4, 0.5) is 0 Å². The van der Waals surface area contributed by atoms with E-state index < -0.39 is 25.7 Å². The van der Waals surface area contributed by atoms with Crippen molar-refractivity contribution in [1.82, 2.24) is 0 Å². The Hall–Kier alpha value is -0.511. The second-order valence-electron chi connectivity index (χ2n) is 4.56. The van der Waals surface area contributed by atoms with Crippen molar-refractivity contribution in [3.8, 4) is 0 Å². The van der Waals surface area contributed by atoms with Crippen LogP contribution in [0.25, 0.3) is 0 Å². The van der Waals surface area contributed by atoms with E-state index in [1.807, 2.05) is 0 Å². The Morgan fingerprint density at radius 2 is 1.76 bits per heavy atom. The first-order valence-corrected chi connectivity index (χ1v) is 15.3. The van der Waals surface area contributed by atoms with Gasteiger partial charge in [-0.15, -0.1) is 0 Å². The van der Waals surface area contributed by atoms with Crippen LogP contribution in [-0.4, -0.2) is 30.8 Å². The van der Waals surface area contributed by atoms with E-state index in [9.17, 15) is 4.79 Å². The second kappa shape index (κ2) is 10.6. The minimum atomic E-state index is -0.879. The molecule has 2 nitrogen and oxygen atoms in total. The number of rotatable bonds is 5. The predicted molar refractivity (Wildman–Crippen MR) is 76.6 cm³/mol. The minimum absolute atomic E-state index is 0.331. The third kappa shape index (κ3) is 10.4. The molecule has 17 heavy (non-hydrogen) atoms. The number of benzene rings is 1. The quantitative estimate of drug-likeness (QED) is 0.647. The van der Waals surface area contributed by atoms with Gasteiger partial charge in [0.15, 0.2) is 0 Å². The standard InChI is InChI=1S/C7H6O2.C5H11.2CH3.Sn.H/c8-7(9)6-4-2-1-3-5-6;1-3-5-4-2;;;;/h1-5H,(H,8,9);1,3-5H2,2H3;2*1H3;;. The van der Waals surface area contributed by atoms with Crippen LogP contribution in [0.2, 0.25) is 14.3 Å². The zero-order valence-corrected chi connectivity index (χ0v) is 14.4. The minimum Gasteiger partial charge on any atom is -0.478 e. The molecule has 0 saturated carbocycles. The first-order valence-electron chi connectivity index (χ1n) is 6.36. The number of carboxylic acid groups (broad SMARTS) is 1. The Balaban J connectivity index is 0.000000304. The Morgan fingerprint density at radius 1 is 1.18 bits per heavy atom. The molecule has 0 aliphatic heterocycles. The normalized spacial score (nSPS) is 9.65. The Kier molecular flexibility index (Phi) is 10.3. The molecule has 0 amide bonds. The topological polar surface area (TPSA) is 37.3 Å². The van der Waals surface area contributed by atoms with Crippen molar-refractivity contribution in [1.29, 1.82) is 0 Å². The summed E-state index contributed by atoms with van der Waals surface area (Å²) in [4.78, 5) is 15.2. The van der Waals surface area contributed by atoms with Gasteiger partial charge >= 0.3 is 66.2 Å². The first kappa shape index (κ1) is 16.5. The summed E-state index contributed by atoms with van der Waals surface area (Å²) in [5, 5.41) is 8.38. The zero-order valence-electron chi connectivity index (χ0n) is 11.1. The molecule has 96 valence electrons. The molecule has 1 aromatic carbocycles. The number of carboxylic acids is 1. The molecule has 1 N–H and O–H groups in total. The third-order valence-electron chi connectivity index (χ3n) is 2.41. The zero-order chi connectivity index (χ0) is 13.1. The fourth-order valence-electron chi connectivity index (χ4n) is 1.38. The van der Waals surface area contributed by atoms with E-state index in [2.05, 4.69) is 16.8 Å². The van der Waals surface area contributed by atoms with Gasteiger partial charge < -0.3 is 5.11 Å². The molecule has 0 fully saturated rings. The van der Waals surface area contributed by atoms with E-state index in [0.29, 0.717) is 5.56 Å². The summed E-state index contributed by atoms with van der Waals surface area (Å²) in [7, 11) is 0. The Labute approximate surface area is 112 Å². The number of aromatic carboxylic acids is 1. The summed E-state index contributed by atoms with van der Waals surface area (Å²) in [6.45, 7) is 2.27. The van der Waals surface area contributed by atoms with E-state index in [1.54, 1.807) is 34.8 Å². The molecule has 3 heteroatoms. The largest absolute Gasteiger partial charge is 0.478 e. The van der Waals surface area contributed by atoms with Crippen LogP contribution in [0.3, 0.4) is 0 Å². The maximum absolute atomic E-state index is 10.2. The molecule has 0 unspecified atom stereocenters. The number of unbranched alkanes of at least 4 members (excludes halogenated alkanes) is 2. The van der Waals surface area contributed by atoms with Crippen LogP contribution in [0.1, 0.15) is 36.5 Å².